The number of thioether (sulfide) groups is 1. The number of oxazole rings is 1. The number of nitrogens with zero attached hydrogens (tertiary/aromatic N) is 1. The number of anilines is 1. The second-order valence-electron chi connectivity index (χ2n) is 4.88. The fourth-order valence-electron chi connectivity index (χ4n) is 1.84. The van der Waals surface area contributed by atoms with E-state index in [1.54, 1.807) is 23.9 Å². The van der Waals surface area contributed by atoms with Crippen LogP contribution < -0.4 is 16.8 Å². The Kier molecular flexibility index (Phi) is 5.85. The predicted molar refractivity (Wildman–Crippen MR) is 88.5 cm³/mol. The maximum Gasteiger partial charge on any atom is 0.273 e. The molecule has 118 valence electrons. The zero-order valence-corrected chi connectivity index (χ0v) is 13.2. The first-order valence-corrected chi connectivity index (χ1v) is 8.32. The number of carbonyl (C=O) groups excluding carboxylic acids is 1. The van der Waals surface area contributed by atoms with Gasteiger partial charge in [-0.05, 0) is 36.1 Å². The highest BCUT2D eigenvalue weighted by Crippen LogP contribution is 2.15. The lowest BCUT2D eigenvalue weighted by atomic mass is 10.2. The summed E-state index contributed by atoms with van der Waals surface area (Å²) < 4.78 is 5.29. The molecule has 0 aliphatic carbocycles. The fourth-order valence-corrected chi connectivity index (χ4v) is 2.33. The summed E-state index contributed by atoms with van der Waals surface area (Å²) in [5.74, 6) is 1.03. The largest absolute Gasteiger partial charge is 0.446 e. The van der Waals surface area contributed by atoms with E-state index in [4.69, 9.17) is 15.9 Å². The number of nitrogens with one attached hydrogen (secondary N) is 1. The minimum absolute atomic E-state index is 0.241. The van der Waals surface area contributed by atoms with E-state index in [2.05, 4.69) is 10.3 Å². The third kappa shape index (κ3) is 4.51. The summed E-state index contributed by atoms with van der Waals surface area (Å²) in [6.07, 6.45) is 4.11. The van der Waals surface area contributed by atoms with E-state index in [-0.39, 0.29) is 17.6 Å². The number of nitrogen functional groups attached to an aromatic ring is 1. The summed E-state index contributed by atoms with van der Waals surface area (Å²) in [5.41, 5.74) is 13.5. The molecule has 1 aromatic carbocycles. The maximum atomic E-state index is 12.0. The minimum Gasteiger partial charge on any atom is -0.446 e. The molecule has 0 spiro atoms. The van der Waals surface area contributed by atoms with Crippen LogP contribution in [0.3, 0.4) is 0 Å². The number of aromatic nitrogens is 1. The average molecular weight is 320 g/mol. The molecule has 1 heterocycles. The van der Waals surface area contributed by atoms with E-state index < -0.39 is 0 Å². The van der Waals surface area contributed by atoms with Gasteiger partial charge in [-0.1, -0.05) is 12.1 Å². The maximum absolute atomic E-state index is 12.0. The molecule has 5 N–H and O–H groups in total. The molecule has 0 saturated heterocycles. The van der Waals surface area contributed by atoms with Crippen LogP contribution in [0.4, 0.5) is 5.69 Å². The average Bonchev–Trinajstić information content (AvgIpc) is 3.02. The molecule has 1 unspecified atom stereocenters. The Hall–Kier alpha value is -1.99. The predicted octanol–water partition coefficient (Wildman–Crippen LogP) is 1.94. The molecular formula is C15H20N4O2S. The smallest absolute Gasteiger partial charge is 0.273 e. The van der Waals surface area contributed by atoms with Crippen LogP contribution in [0.1, 0.15) is 34.4 Å². The molecule has 2 aromatic rings. The van der Waals surface area contributed by atoms with E-state index in [9.17, 15) is 4.79 Å². The van der Waals surface area contributed by atoms with Crippen LogP contribution in [0, 0.1) is 0 Å². The highest BCUT2D eigenvalue weighted by Gasteiger charge is 2.16. The SMILES string of the molecule is CSCCC(N)c1nc(C(=O)NCc2ccc(N)cc2)co1. The Bertz CT molecular complexity index is 612. The zero-order chi connectivity index (χ0) is 15.9. The van der Waals surface area contributed by atoms with E-state index in [0.29, 0.717) is 18.1 Å². The molecule has 1 atom stereocenters. The molecule has 0 bridgehead atoms. The molecule has 0 radical (unpaired) electrons. The molecule has 0 aliphatic heterocycles. The van der Waals surface area contributed by atoms with E-state index in [1.165, 1.54) is 6.26 Å². The van der Waals surface area contributed by atoms with Gasteiger partial charge in [0, 0.05) is 12.2 Å². The second kappa shape index (κ2) is 7.86. The van der Waals surface area contributed by atoms with Gasteiger partial charge in [0.25, 0.3) is 5.91 Å². The summed E-state index contributed by atoms with van der Waals surface area (Å²) >= 11 is 1.71. The fraction of sp³-hybridized carbons (Fsp3) is 0.333. The van der Waals surface area contributed by atoms with Gasteiger partial charge in [-0.15, -0.1) is 0 Å². The van der Waals surface area contributed by atoms with Gasteiger partial charge in [0.15, 0.2) is 5.69 Å². The lowest BCUT2D eigenvalue weighted by molar-refractivity contribution is 0.0946. The van der Waals surface area contributed by atoms with E-state index in [0.717, 1.165) is 17.7 Å². The molecule has 0 fully saturated rings. The van der Waals surface area contributed by atoms with Crippen molar-refractivity contribution >= 4 is 23.4 Å². The van der Waals surface area contributed by atoms with Gasteiger partial charge in [0.1, 0.15) is 6.26 Å². The van der Waals surface area contributed by atoms with Gasteiger partial charge < -0.3 is 21.2 Å². The summed E-state index contributed by atoms with van der Waals surface area (Å²) in [4.78, 5) is 16.2. The Morgan fingerprint density at radius 1 is 1.41 bits per heavy atom. The van der Waals surface area contributed by atoms with Gasteiger partial charge in [0.2, 0.25) is 5.89 Å². The molecule has 6 nitrogen and oxygen atoms in total. The van der Waals surface area contributed by atoms with Crippen molar-refractivity contribution in [2.24, 2.45) is 5.73 Å². The number of benzene rings is 1. The van der Waals surface area contributed by atoms with Crippen LogP contribution in [0.5, 0.6) is 0 Å². The van der Waals surface area contributed by atoms with Crippen LogP contribution in [-0.2, 0) is 6.54 Å². The third-order valence-electron chi connectivity index (χ3n) is 3.14. The number of carbonyl (C=O) groups is 1. The third-order valence-corrected chi connectivity index (χ3v) is 3.78. The zero-order valence-electron chi connectivity index (χ0n) is 12.4. The molecule has 1 amide bonds. The summed E-state index contributed by atoms with van der Waals surface area (Å²) in [7, 11) is 0. The van der Waals surface area contributed by atoms with Crippen molar-refractivity contribution in [3.8, 4) is 0 Å². The van der Waals surface area contributed by atoms with Crippen molar-refractivity contribution in [3.05, 3.63) is 47.7 Å². The minimum atomic E-state index is -0.288. The highest BCUT2D eigenvalue weighted by atomic mass is 32.2. The first-order chi connectivity index (χ1) is 10.6. The second-order valence-corrected chi connectivity index (χ2v) is 5.87. The van der Waals surface area contributed by atoms with Gasteiger partial charge in [-0.3, -0.25) is 4.79 Å². The molecule has 22 heavy (non-hydrogen) atoms. The number of nitrogens with two attached hydrogens (primary N) is 2. The van der Waals surface area contributed by atoms with Gasteiger partial charge in [-0.25, -0.2) is 4.98 Å². The monoisotopic (exact) mass is 320 g/mol. The van der Waals surface area contributed by atoms with Gasteiger partial charge in [0.05, 0.1) is 6.04 Å². The van der Waals surface area contributed by atoms with Crippen molar-refractivity contribution in [1.29, 1.82) is 0 Å². The molecule has 0 saturated carbocycles. The van der Waals surface area contributed by atoms with Gasteiger partial charge in [-0.2, -0.15) is 11.8 Å². The van der Waals surface area contributed by atoms with E-state index >= 15 is 0 Å². The van der Waals surface area contributed by atoms with Crippen LogP contribution in [0.15, 0.2) is 34.9 Å². The standard InChI is InChI=1S/C15H20N4O2S/c1-22-7-6-12(17)15-19-13(9-21-15)14(20)18-8-10-2-4-11(16)5-3-10/h2-5,9,12H,6-8,16-17H2,1H3,(H,18,20). The Labute approximate surface area is 133 Å². The normalized spacial score (nSPS) is 12.1. The Balaban J connectivity index is 1.90. The lowest BCUT2D eigenvalue weighted by Crippen LogP contribution is -2.23. The molecule has 0 aliphatic rings. The van der Waals surface area contributed by atoms with Crippen LogP contribution in [-0.4, -0.2) is 22.9 Å². The van der Waals surface area contributed by atoms with Crippen LogP contribution in [0.25, 0.3) is 0 Å². The Morgan fingerprint density at radius 3 is 2.82 bits per heavy atom. The molecule has 2 rings (SSSR count). The molecule has 7 heteroatoms. The number of rotatable bonds is 7. The first kappa shape index (κ1) is 16.4. The first-order valence-electron chi connectivity index (χ1n) is 6.92. The summed E-state index contributed by atoms with van der Waals surface area (Å²) in [5, 5.41) is 2.78. The quantitative estimate of drug-likeness (QED) is 0.673. The topological polar surface area (TPSA) is 107 Å². The van der Waals surface area contributed by atoms with Gasteiger partial charge >= 0.3 is 0 Å². The number of hydrogen-bond donors (Lipinski definition) is 3. The molecule has 1 aromatic heterocycles. The van der Waals surface area contributed by atoms with Crippen LogP contribution in [0.2, 0.25) is 0 Å². The van der Waals surface area contributed by atoms with Crippen molar-refractivity contribution < 1.29 is 9.21 Å². The van der Waals surface area contributed by atoms with Crippen LogP contribution >= 0.6 is 11.8 Å². The lowest BCUT2D eigenvalue weighted by Gasteiger charge is -2.05. The Morgan fingerprint density at radius 2 is 2.14 bits per heavy atom. The highest BCUT2D eigenvalue weighted by molar-refractivity contribution is 7.98. The number of hydrogen-bond acceptors (Lipinski definition) is 6. The van der Waals surface area contributed by atoms with E-state index in [1.807, 2.05) is 18.4 Å². The number of amides is 1. The molecular weight excluding hydrogens is 300 g/mol. The van der Waals surface area contributed by atoms with Crippen molar-refractivity contribution in [3.63, 3.8) is 0 Å². The van der Waals surface area contributed by atoms with Crippen molar-refractivity contribution in [2.75, 3.05) is 17.7 Å². The van der Waals surface area contributed by atoms with Crippen molar-refractivity contribution in [1.82, 2.24) is 10.3 Å². The summed E-state index contributed by atoms with van der Waals surface area (Å²) in [6, 6.07) is 7.02. The van der Waals surface area contributed by atoms with Crippen molar-refractivity contribution in [2.45, 2.75) is 19.0 Å². The summed E-state index contributed by atoms with van der Waals surface area (Å²) in [6.45, 7) is 0.403.